The summed E-state index contributed by atoms with van der Waals surface area (Å²) in [6.45, 7) is 2.94. The summed E-state index contributed by atoms with van der Waals surface area (Å²) in [5.74, 6) is 0.0743. The molecule has 0 radical (unpaired) electrons. The highest BCUT2D eigenvalue weighted by molar-refractivity contribution is 5.84. The largest absolute Gasteiger partial charge is 0.476 e. The Morgan fingerprint density at radius 3 is 2.85 bits per heavy atom. The van der Waals surface area contributed by atoms with Gasteiger partial charge in [0.15, 0.2) is 5.69 Å². The number of aromatic nitrogens is 5. The zero-order valence-corrected chi connectivity index (χ0v) is 10.6. The van der Waals surface area contributed by atoms with E-state index in [1.54, 1.807) is 6.92 Å². The molecule has 0 unspecified atom stereocenters. The summed E-state index contributed by atoms with van der Waals surface area (Å²) in [6.07, 6.45) is 1.40. The first-order valence-corrected chi connectivity index (χ1v) is 6.01. The summed E-state index contributed by atoms with van der Waals surface area (Å²) in [5, 5.41) is 16.1. The highest BCUT2D eigenvalue weighted by Gasteiger charge is 2.31. The minimum absolute atomic E-state index is 0.0389. The Morgan fingerprint density at radius 2 is 2.25 bits per heavy atom. The summed E-state index contributed by atoms with van der Waals surface area (Å²) < 4.78 is 1.53. The van der Waals surface area contributed by atoms with Gasteiger partial charge >= 0.3 is 5.97 Å². The van der Waals surface area contributed by atoms with Crippen LogP contribution in [0.1, 0.15) is 22.4 Å². The van der Waals surface area contributed by atoms with E-state index in [4.69, 9.17) is 5.11 Å². The van der Waals surface area contributed by atoms with Gasteiger partial charge in [-0.25, -0.2) is 14.5 Å². The third kappa shape index (κ3) is 2.13. The van der Waals surface area contributed by atoms with E-state index in [9.17, 15) is 9.59 Å². The average Bonchev–Trinajstić information content (AvgIpc) is 2.75. The van der Waals surface area contributed by atoms with Gasteiger partial charge in [-0.15, -0.1) is 5.10 Å². The second-order valence-corrected chi connectivity index (χ2v) is 4.64. The second kappa shape index (κ2) is 4.44. The predicted molar refractivity (Wildman–Crippen MR) is 67.8 cm³/mol. The van der Waals surface area contributed by atoms with Crippen LogP contribution in [0, 0.1) is 6.92 Å². The van der Waals surface area contributed by atoms with Crippen molar-refractivity contribution in [3.63, 3.8) is 0 Å². The molecule has 0 spiro atoms. The van der Waals surface area contributed by atoms with E-state index in [0.717, 1.165) is 0 Å². The molecule has 0 aliphatic carbocycles. The summed E-state index contributed by atoms with van der Waals surface area (Å²) in [7, 11) is 0. The number of hydrogen-bond acceptors (Lipinski definition) is 6. The number of carboxylic acids is 1. The zero-order valence-electron chi connectivity index (χ0n) is 10.6. The smallest absolute Gasteiger partial charge is 0.358 e. The number of aromatic amines is 1. The summed E-state index contributed by atoms with van der Waals surface area (Å²) >= 11 is 0. The Bertz CT molecular complexity index is 715. The predicted octanol–water partition coefficient (Wildman–Crippen LogP) is -0.571. The van der Waals surface area contributed by atoms with E-state index in [0.29, 0.717) is 24.7 Å². The molecule has 2 N–H and O–H groups in total. The lowest BCUT2D eigenvalue weighted by Gasteiger charge is -2.39. The fourth-order valence-electron chi connectivity index (χ4n) is 2.09. The number of aromatic carboxylic acids is 1. The van der Waals surface area contributed by atoms with Gasteiger partial charge < -0.3 is 15.0 Å². The van der Waals surface area contributed by atoms with Crippen molar-refractivity contribution >= 4 is 11.8 Å². The highest BCUT2D eigenvalue weighted by atomic mass is 16.4. The average molecular weight is 276 g/mol. The quantitative estimate of drug-likeness (QED) is 0.770. The number of nitrogens with zero attached hydrogens (tertiary/aromatic N) is 5. The van der Waals surface area contributed by atoms with Crippen LogP contribution in [0.15, 0.2) is 17.1 Å². The van der Waals surface area contributed by atoms with Crippen molar-refractivity contribution in [1.29, 1.82) is 0 Å². The maximum atomic E-state index is 11.4. The number of anilines is 1. The lowest BCUT2D eigenvalue weighted by Crippen LogP contribution is -2.48. The van der Waals surface area contributed by atoms with Crippen LogP contribution in [-0.2, 0) is 0 Å². The van der Waals surface area contributed by atoms with E-state index < -0.39 is 5.97 Å². The molecule has 3 heterocycles. The number of hydrogen-bond donors (Lipinski definition) is 2. The van der Waals surface area contributed by atoms with Crippen molar-refractivity contribution in [2.45, 2.75) is 13.0 Å². The molecule has 3 rings (SSSR count). The van der Waals surface area contributed by atoms with E-state index >= 15 is 0 Å². The van der Waals surface area contributed by atoms with Crippen LogP contribution in [0.2, 0.25) is 0 Å². The fourth-order valence-corrected chi connectivity index (χ4v) is 2.09. The monoisotopic (exact) mass is 276 g/mol. The summed E-state index contributed by atoms with van der Waals surface area (Å²) in [5.41, 5.74) is -0.265. The van der Waals surface area contributed by atoms with Crippen molar-refractivity contribution in [3.05, 3.63) is 34.1 Å². The molecule has 2 aromatic heterocycles. The molecular formula is C11H12N6O3. The van der Waals surface area contributed by atoms with Gasteiger partial charge in [0.25, 0.3) is 5.56 Å². The first-order chi connectivity index (χ1) is 9.52. The topological polar surface area (TPSA) is 117 Å². The highest BCUT2D eigenvalue weighted by Crippen LogP contribution is 2.24. The Balaban J connectivity index is 1.71. The van der Waals surface area contributed by atoms with Gasteiger partial charge in [-0.2, -0.15) is 0 Å². The first kappa shape index (κ1) is 12.3. The minimum Gasteiger partial charge on any atom is -0.476 e. The van der Waals surface area contributed by atoms with Crippen LogP contribution in [0.4, 0.5) is 5.82 Å². The molecule has 0 amide bonds. The molecule has 1 fully saturated rings. The van der Waals surface area contributed by atoms with Gasteiger partial charge in [0.1, 0.15) is 11.6 Å². The van der Waals surface area contributed by atoms with Crippen molar-refractivity contribution in [1.82, 2.24) is 25.0 Å². The lowest BCUT2D eigenvalue weighted by atomic mass is 10.1. The zero-order chi connectivity index (χ0) is 14.3. The number of H-pyrrole nitrogens is 1. The fraction of sp³-hybridized carbons (Fsp3) is 0.364. The van der Waals surface area contributed by atoms with Crippen molar-refractivity contribution in [2.75, 3.05) is 18.0 Å². The molecular weight excluding hydrogens is 264 g/mol. The van der Waals surface area contributed by atoms with Crippen LogP contribution in [0.3, 0.4) is 0 Å². The molecule has 1 saturated heterocycles. The minimum atomic E-state index is -1.10. The van der Waals surface area contributed by atoms with Gasteiger partial charge in [0.05, 0.1) is 12.2 Å². The van der Waals surface area contributed by atoms with Gasteiger partial charge in [0, 0.05) is 19.2 Å². The number of carboxylic acid groups (broad SMARTS) is 1. The van der Waals surface area contributed by atoms with Gasteiger partial charge in [-0.1, -0.05) is 5.21 Å². The molecule has 104 valence electrons. The van der Waals surface area contributed by atoms with Crippen LogP contribution in [-0.4, -0.2) is 49.1 Å². The van der Waals surface area contributed by atoms with Crippen molar-refractivity contribution < 1.29 is 9.90 Å². The van der Waals surface area contributed by atoms with Crippen LogP contribution in [0.25, 0.3) is 0 Å². The SMILES string of the molecule is Cc1nc(N2CC(n3cc(C(=O)O)nn3)C2)cc(=O)[nH]1. The Labute approximate surface area is 112 Å². The Kier molecular flexibility index (Phi) is 2.74. The van der Waals surface area contributed by atoms with Crippen LogP contribution in [0.5, 0.6) is 0 Å². The van der Waals surface area contributed by atoms with E-state index in [1.165, 1.54) is 16.9 Å². The van der Waals surface area contributed by atoms with E-state index in [2.05, 4.69) is 20.3 Å². The summed E-state index contributed by atoms with van der Waals surface area (Å²) in [6, 6.07) is 1.48. The Morgan fingerprint density at radius 1 is 1.50 bits per heavy atom. The normalized spacial score (nSPS) is 15.2. The molecule has 9 heteroatoms. The number of carbonyl (C=O) groups is 1. The van der Waals surface area contributed by atoms with Crippen molar-refractivity contribution in [2.24, 2.45) is 0 Å². The standard InChI is InChI=1S/C11H12N6O3/c1-6-12-9(2-10(18)13-6)16-3-7(4-16)17-5-8(11(19)20)14-15-17/h2,5,7H,3-4H2,1H3,(H,19,20)(H,12,13,18). The van der Waals surface area contributed by atoms with E-state index in [1.807, 2.05) is 4.90 Å². The van der Waals surface area contributed by atoms with Gasteiger partial charge in [-0.05, 0) is 6.92 Å². The third-order valence-corrected chi connectivity index (χ3v) is 3.14. The molecule has 0 saturated carbocycles. The third-order valence-electron chi connectivity index (χ3n) is 3.14. The maximum Gasteiger partial charge on any atom is 0.358 e. The lowest BCUT2D eigenvalue weighted by molar-refractivity contribution is 0.0690. The molecule has 0 atom stereocenters. The Hall–Kier alpha value is -2.71. The first-order valence-electron chi connectivity index (χ1n) is 6.01. The maximum absolute atomic E-state index is 11.4. The molecule has 0 bridgehead atoms. The molecule has 9 nitrogen and oxygen atoms in total. The van der Waals surface area contributed by atoms with Gasteiger partial charge in [-0.3, -0.25) is 4.79 Å². The van der Waals surface area contributed by atoms with Gasteiger partial charge in [0.2, 0.25) is 0 Å². The van der Waals surface area contributed by atoms with E-state index in [-0.39, 0.29) is 17.3 Å². The van der Waals surface area contributed by atoms with Crippen LogP contribution < -0.4 is 10.5 Å². The number of rotatable bonds is 3. The molecule has 0 aromatic carbocycles. The molecule has 2 aromatic rings. The second-order valence-electron chi connectivity index (χ2n) is 4.64. The molecule has 20 heavy (non-hydrogen) atoms. The molecule has 1 aliphatic rings. The summed E-state index contributed by atoms with van der Waals surface area (Å²) in [4.78, 5) is 30.9. The van der Waals surface area contributed by atoms with Crippen molar-refractivity contribution in [3.8, 4) is 0 Å². The molecule has 1 aliphatic heterocycles. The number of aryl methyl sites for hydroxylation is 1. The van der Waals surface area contributed by atoms with Crippen LogP contribution >= 0.6 is 0 Å². The number of nitrogens with one attached hydrogen (secondary N) is 1.